The highest BCUT2D eigenvalue weighted by Crippen LogP contribution is 2.33. The molecule has 3 nitrogen and oxygen atoms in total. The van der Waals surface area contributed by atoms with Gasteiger partial charge in [-0.2, -0.15) is 0 Å². The van der Waals surface area contributed by atoms with Gasteiger partial charge in [-0.3, -0.25) is 0 Å². The molecular formula is C7H7BrO3S. The topological polar surface area (TPSA) is 46.5 Å². The molecule has 12 heavy (non-hydrogen) atoms. The van der Waals surface area contributed by atoms with Gasteiger partial charge < -0.3 is 9.84 Å². The maximum Gasteiger partial charge on any atom is 0.352 e. The molecule has 1 aromatic heterocycles. The van der Waals surface area contributed by atoms with Gasteiger partial charge in [-0.25, -0.2) is 4.79 Å². The van der Waals surface area contributed by atoms with E-state index in [1.54, 1.807) is 12.3 Å². The van der Waals surface area contributed by atoms with Crippen LogP contribution >= 0.6 is 27.3 Å². The quantitative estimate of drug-likeness (QED) is 0.821. The fraction of sp³-hybridized carbons (Fsp3) is 0.286. The van der Waals surface area contributed by atoms with Crippen molar-refractivity contribution in [3.63, 3.8) is 0 Å². The third kappa shape index (κ3) is 1.78. The molecule has 1 rings (SSSR count). The van der Waals surface area contributed by atoms with Crippen LogP contribution in [0.25, 0.3) is 0 Å². The predicted octanol–water partition coefficient (Wildman–Crippen LogP) is 2.39. The lowest BCUT2D eigenvalue weighted by Gasteiger charge is -1.98. The number of hydrogen-bond donors (Lipinski definition) is 1. The summed E-state index contributed by atoms with van der Waals surface area (Å²) < 4.78 is 5.24. The molecule has 0 aliphatic rings. The fourth-order valence-corrected chi connectivity index (χ4v) is 1.99. The zero-order valence-electron chi connectivity index (χ0n) is 6.33. The molecule has 0 fully saturated rings. The van der Waals surface area contributed by atoms with Crippen LogP contribution in [-0.2, 0) is 4.74 Å². The first-order valence-electron chi connectivity index (χ1n) is 3.30. The van der Waals surface area contributed by atoms with E-state index in [0.717, 1.165) is 11.3 Å². The second kappa shape index (κ2) is 3.91. The van der Waals surface area contributed by atoms with Crippen molar-refractivity contribution in [3.8, 4) is 5.75 Å². The molecule has 0 saturated heterocycles. The normalized spacial score (nSPS) is 9.83. The Morgan fingerprint density at radius 3 is 2.92 bits per heavy atom. The number of halogens is 1. The van der Waals surface area contributed by atoms with Crippen LogP contribution in [0, 0.1) is 0 Å². The van der Waals surface area contributed by atoms with Crippen molar-refractivity contribution in [1.82, 2.24) is 0 Å². The van der Waals surface area contributed by atoms with Gasteiger partial charge in [0.2, 0.25) is 0 Å². The Morgan fingerprint density at radius 1 is 1.83 bits per heavy atom. The maximum atomic E-state index is 11.1. The van der Waals surface area contributed by atoms with E-state index in [1.165, 1.54) is 0 Å². The SMILES string of the molecule is CCOC(=O)c1scc(Br)c1O. The molecule has 0 aliphatic heterocycles. The van der Waals surface area contributed by atoms with Gasteiger partial charge in [0.15, 0.2) is 10.6 Å². The molecule has 0 aromatic carbocycles. The average molecular weight is 251 g/mol. The van der Waals surface area contributed by atoms with E-state index in [9.17, 15) is 9.90 Å². The van der Waals surface area contributed by atoms with E-state index in [-0.39, 0.29) is 10.6 Å². The van der Waals surface area contributed by atoms with E-state index in [2.05, 4.69) is 15.9 Å². The Kier molecular flexibility index (Phi) is 3.11. The lowest BCUT2D eigenvalue weighted by Crippen LogP contribution is -2.01. The number of hydrogen-bond acceptors (Lipinski definition) is 4. The molecule has 0 saturated carbocycles. The van der Waals surface area contributed by atoms with Crippen molar-refractivity contribution in [2.24, 2.45) is 0 Å². The van der Waals surface area contributed by atoms with Gasteiger partial charge >= 0.3 is 5.97 Å². The van der Waals surface area contributed by atoms with Crippen molar-refractivity contribution in [2.45, 2.75) is 6.92 Å². The summed E-state index contributed by atoms with van der Waals surface area (Å²) >= 11 is 4.24. The van der Waals surface area contributed by atoms with Crippen LogP contribution < -0.4 is 0 Å². The number of esters is 1. The number of carbonyl (C=O) groups excluding carboxylic acids is 1. The van der Waals surface area contributed by atoms with Crippen LogP contribution in [0.15, 0.2) is 9.85 Å². The zero-order valence-corrected chi connectivity index (χ0v) is 8.74. The van der Waals surface area contributed by atoms with Crippen LogP contribution in [-0.4, -0.2) is 17.7 Å². The van der Waals surface area contributed by atoms with Crippen LogP contribution in [0.2, 0.25) is 0 Å². The third-order valence-electron chi connectivity index (χ3n) is 1.18. The molecule has 0 atom stereocenters. The lowest BCUT2D eigenvalue weighted by molar-refractivity contribution is 0.0529. The van der Waals surface area contributed by atoms with Gasteiger partial charge in [0.25, 0.3) is 0 Å². The summed E-state index contributed by atoms with van der Waals surface area (Å²) in [6, 6.07) is 0. The van der Waals surface area contributed by atoms with Crippen LogP contribution in [0.3, 0.4) is 0 Å². The Labute approximate surface area is 82.1 Å². The standard InChI is InChI=1S/C7H7BrO3S/c1-2-11-7(10)6-5(9)4(8)3-12-6/h3,9H,2H2,1H3. The smallest absolute Gasteiger partial charge is 0.352 e. The molecule has 0 amide bonds. The molecule has 1 N–H and O–H groups in total. The van der Waals surface area contributed by atoms with E-state index in [1.807, 2.05) is 0 Å². The number of ether oxygens (including phenoxy) is 1. The molecule has 1 heterocycles. The number of aromatic hydroxyl groups is 1. The van der Waals surface area contributed by atoms with Crippen molar-refractivity contribution in [2.75, 3.05) is 6.61 Å². The van der Waals surface area contributed by atoms with Crippen molar-refractivity contribution in [3.05, 3.63) is 14.7 Å². The van der Waals surface area contributed by atoms with Gasteiger partial charge in [-0.1, -0.05) is 0 Å². The fourth-order valence-electron chi connectivity index (χ4n) is 0.672. The predicted molar refractivity (Wildman–Crippen MR) is 49.6 cm³/mol. The Bertz CT molecular complexity index is 295. The Hall–Kier alpha value is -0.550. The zero-order chi connectivity index (χ0) is 9.14. The summed E-state index contributed by atoms with van der Waals surface area (Å²) in [5.74, 6) is -0.524. The molecule has 66 valence electrons. The van der Waals surface area contributed by atoms with Crippen molar-refractivity contribution >= 4 is 33.2 Å². The summed E-state index contributed by atoms with van der Waals surface area (Å²) in [4.78, 5) is 11.3. The van der Waals surface area contributed by atoms with Crippen LogP contribution in [0.4, 0.5) is 0 Å². The van der Waals surface area contributed by atoms with Crippen LogP contribution in [0.5, 0.6) is 5.75 Å². The minimum atomic E-state index is -0.481. The van der Waals surface area contributed by atoms with E-state index >= 15 is 0 Å². The Balaban J connectivity index is 2.88. The van der Waals surface area contributed by atoms with Crippen molar-refractivity contribution < 1.29 is 14.6 Å². The molecule has 0 aliphatic carbocycles. The number of thiophene rings is 1. The first-order chi connectivity index (χ1) is 5.66. The molecule has 1 aromatic rings. The highest BCUT2D eigenvalue weighted by Gasteiger charge is 2.16. The monoisotopic (exact) mass is 250 g/mol. The first kappa shape index (κ1) is 9.54. The third-order valence-corrected chi connectivity index (χ3v) is 3.04. The molecule has 0 radical (unpaired) electrons. The second-order valence-corrected chi connectivity index (χ2v) is 3.72. The van der Waals surface area contributed by atoms with E-state index in [4.69, 9.17) is 4.74 Å². The van der Waals surface area contributed by atoms with E-state index < -0.39 is 5.97 Å². The minimum Gasteiger partial charge on any atom is -0.505 e. The van der Waals surface area contributed by atoms with Crippen LogP contribution in [0.1, 0.15) is 16.6 Å². The summed E-state index contributed by atoms with van der Waals surface area (Å²) in [7, 11) is 0. The maximum absolute atomic E-state index is 11.1. The largest absolute Gasteiger partial charge is 0.505 e. The number of rotatable bonds is 2. The first-order valence-corrected chi connectivity index (χ1v) is 4.97. The molecular weight excluding hydrogens is 244 g/mol. The molecule has 5 heteroatoms. The summed E-state index contributed by atoms with van der Waals surface area (Å²) in [6.07, 6.45) is 0. The van der Waals surface area contributed by atoms with Gasteiger partial charge in [-0.15, -0.1) is 11.3 Å². The average Bonchev–Trinajstić information content (AvgIpc) is 2.34. The van der Waals surface area contributed by atoms with Gasteiger partial charge in [0, 0.05) is 5.38 Å². The summed E-state index contributed by atoms with van der Waals surface area (Å²) in [5, 5.41) is 10.9. The second-order valence-electron chi connectivity index (χ2n) is 1.98. The van der Waals surface area contributed by atoms with E-state index in [0.29, 0.717) is 11.1 Å². The van der Waals surface area contributed by atoms with Gasteiger partial charge in [0.05, 0.1) is 11.1 Å². The molecule has 0 unspecified atom stereocenters. The number of carbonyl (C=O) groups is 1. The summed E-state index contributed by atoms with van der Waals surface area (Å²) in [6.45, 7) is 2.03. The Morgan fingerprint density at radius 2 is 2.50 bits per heavy atom. The highest BCUT2D eigenvalue weighted by atomic mass is 79.9. The lowest BCUT2D eigenvalue weighted by atomic mass is 10.4. The van der Waals surface area contributed by atoms with Gasteiger partial charge in [0.1, 0.15) is 0 Å². The molecule has 0 bridgehead atoms. The summed E-state index contributed by atoms with van der Waals surface area (Å²) in [5.41, 5.74) is 0. The highest BCUT2D eigenvalue weighted by molar-refractivity contribution is 9.10. The minimum absolute atomic E-state index is 0.0431. The molecule has 0 spiro atoms. The van der Waals surface area contributed by atoms with Crippen molar-refractivity contribution in [1.29, 1.82) is 0 Å². The van der Waals surface area contributed by atoms with Gasteiger partial charge in [-0.05, 0) is 22.9 Å².